The Labute approximate surface area is 87.7 Å². The van der Waals surface area contributed by atoms with Gasteiger partial charge in [-0.15, -0.1) is 0 Å². The first-order valence-electron chi connectivity index (χ1n) is 3.41. The van der Waals surface area contributed by atoms with Gasteiger partial charge in [-0.05, 0) is 35.1 Å². The molecule has 0 aliphatic heterocycles. The van der Waals surface area contributed by atoms with Crippen molar-refractivity contribution in [2.45, 2.75) is 13.3 Å². The van der Waals surface area contributed by atoms with E-state index >= 15 is 0 Å². The van der Waals surface area contributed by atoms with Crippen LogP contribution in [0, 0.1) is 22.0 Å². The van der Waals surface area contributed by atoms with Crippen LogP contribution < -0.4 is 0 Å². The van der Waals surface area contributed by atoms with Crippen molar-refractivity contribution in [3.05, 3.63) is 26.6 Å². The van der Waals surface area contributed by atoms with E-state index in [9.17, 15) is 8.78 Å². The Hall–Kier alpha value is -0.770. The van der Waals surface area contributed by atoms with Crippen LogP contribution in [0.25, 0.3) is 0 Å². The number of nitriles is 1. The molecule has 0 saturated heterocycles. The average Bonchev–Trinajstić information content (AvgIpc) is 2.04. The maximum Gasteiger partial charge on any atom is 0.266 e. The first-order valence-corrected chi connectivity index (χ1v) is 4.49. The van der Waals surface area contributed by atoms with Gasteiger partial charge in [-0.2, -0.15) is 5.26 Å². The van der Waals surface area contributed by atoms with Crippen LogP contribution in [-0.2, 0) is 0 Å². The normalized spacial score (nSPS) is 10.2. The van der Waals surface area contributed by atoms with Crippen molar-refractivity contribution in [1.29, 1.82) is 5.26 Å². The summed E-state index contributed by atoms with van der Waals surface area (Å²) in [7, 11) is 0. The molecule has 68 valence electrons. The van der Waals surface area contributed by atoms with E-state index in [1.807, 2.05) is 6.07 Å². The molecule has 1 aromatic heterocycles. The maximum atomic E-state index is 12.5. The van der Waals surface area contributed by atoms with E-state index in [0.717, 1.165) is 0 Å². The van der Waals surface area contributed by atoms with Crippen molar-refractivity contribution in [3.8, 4) is 6.07 Å². The lowest BCUT2D eigenvalue weighted by Gasteiger charge is -2.07. The van der Waals surface area contributed by atoms with Gasteiger partial charge in [-0.3, -0.25) is 0 Å². The predicted octanol–water partition coefficient (Wildman–Crippen LogP) is 2.80. The van der Waals surface area contributed by atoms with Crippen LogP contribution in [0.2, 0.25) is 0 Å². The highest BCUT2D eigenvalue weighted by Gasteiger charge is 2.17. The van der Waals surface area contributed by atoms with Gasteiger partial charge in [-0.25, -0.2) is 13.8 Å². The van der Waals surface area contributed by atoms with E-state index in [-0.39, 0.29) is 14.8 Å². The highest BCUT2D eigenvalue weighted by Crippen LogP contribution is 2.27. The van der Waals surface area contributed by atoms with Gasteiger partial charge in [0.15, 0.2) is 0 Å². The van der Waals surface area contributed by atoms with E-state index in [0.29, 0.717) is 5.56 Å². The fourth-order valence-electron chi connectivity index (χ4n) is 0.954. The van der Waals surface area contributed by atoms with E-state index in [4.69, 9.17) is 5.26 Å². The fourth-order valence-corrected chi connectivity index (χ4v) is 1.73. The number of hydrogen-bond acceptors (Lipinski definition) is 2. The first kappa shape index (κ1) is 10.3. The van der Waals surface area contributed by atoms with E-state index in [1.54, 1.807) is 22.6 Å². The Morgan fingerprint density at radius 2 is 2.23 bits per heavy atom. The van der Waals surface area contributed by atoms with E-state index in [2.05, 4.69) is 4.98 Å². The van der Waals surface area contributed by atoms with Crippen molar-refractivity contribution in [3.63, 3.8) is 0 Å². The molecule has 0 unspecified atom stereocenters. The molecule has 0 fully saturated rings. The van der Waals surface area contributed by atoms with Crippen molar-refractivity contribution in [2.24, 2.45) is 0 Å². The first-order chi connectivity index (χ1) is 6.07. The topological polar surface area (TPSA) is 36.7 Å². The number of aromatic nitrogens is 1. The van der Waals surface area contributed by atoms with Gasteiger partial charge in [0.05, 0.1) is 11.1 Å². The second-order valence-corrected chi connectivity index (χ2v) is 3.44. The summed E-state index contributed by atoms with van der Waals surface area (Å²) in [6, 6.07) is 1.82. The zero-order valence-electron chi connectivity index (χ0n) is 6.68. The standard InChI is InChI=1S/C8H5F2IN2/c1-4-5(2-12)3-13-8(11)6(4)7(9)10/h3,7H,1H3. The number of halogens is 3. The van der Waals surface area contributed by atoms with Crippen LogP contribution in [0.3, 0.4) is 0 Å². The molecule has 0 radical (unpaired) electrons. The lowest BCUT2D eigenvalue weighted by Crippen LogP contribution is -1.99. The number of alkyl halides is 2. The zero-order chi connectivity index (χ0) is 10.0. The minimum absolute atomic E-state index is 0.139. The maximum absolute atomic E-state index is 12.5. The fraction of sp³-hybridized carbons (Fsp3) is 0.250. The molecule has 0 saturated carbocycles. The third-order valence-electron chi connectivity index (χ3n) is 1.68. The summed E-state index contributed by atoms with van der Waals surface area (Å²) in [5.41, 5.74) is 0.382. The highest BCUT2D eigenvalue weighted by molar-refractivity contribution is 14.1. The third kappa shape index (κ3) is 1.94. The molecule has 0 aromatic carbocycles. The second-order valence-electron chi connectivity index (χ2n) is 2.41. The molecule has 1 rings (SSSR count). The van der Waals surface area contributed by atoms with Crippen molar-refractivity contribution < 1.29 is 8.78 Å². The van der Waals surface area contributed by atoms with Gasteiger partial charge in [0, 0.05) is 6.20 Å². The van der Waals surface area contributed by atoms with Crippen LogP contribution in [0.15, 0.2) is 6.20 Å². The monoisotopic (exact) mass is 294 g/mol. The summed E-state index contributed by atoms with van der Waals surface area (Å²) < 4.78 is 25.2. The number of hydrogen-bond donors (Lipinski definition) is 0. The lowest BCUT2D eigenvalue weighted by atomic mass is 10.1. The summed E-state index contributed by atoms with van der Waals surface area (Å²) in [6.07, 6.45) is -1.27. The molecule has 0 amide bonds. The van der Waals surface area contributed by atoms with Gasteiger partial charge in [0.1, 0.15) is 9.77 Å². The van der Waals surface area contributed by atoms with E-state index < -0.39 is 6.43 Å². The summed E-state index contributed by atoms with van der Waals surface area (Å²) in [4.78, 5) is 3.72. The molecule has 0 atom stereocenters. The number of pyridine rings is 1. The quantitative estimate of drug-likeness (QED) is 0.590. The molecule has 1 heterocycles. The lowest BCUT2D eigenvalue weighted by molar-refractivity contribution is 0.149. The minimum atomic E-state index is -2.58. The number of nitrogens with zero attached hydrogens (tertiary/aromatic N) is 2. The van der Waals surface area contributed by atoms with Gasteiger partial charge >= 0.3 is 0 Å². The third-order valence-corrected chi connectivity index (χ3v) is 2.54. The molecule has 0 aliphatic rings. The van der Waals surface area contributed by atoms with Gasteiger partial charge in [0.2, 0.25) is 0 Å². The Morgan fingerprint density at radius 3 is 2.69 bits per heavy atom. The summed E-state index contributed by atoms with van der Waals surface area (Å²) in [5, 5.41) is 8.58. The van der Waals surface area contributed by atoms with Gasteiger partial charge in [-0.1, -0.05) is 0 Å². The Morgan fingerprint density at radius 1 is 1.62 bits per heavy atom. The minimum Gasteiger partial charge on any atom is -0.248 e. The molecule has 5 heteroatoms. The van der Waals surface area contributed by atoms with Crippen molar-refractivity contribution in [1.82, 2.24) is 4.98 Å². The largest absolute Gasteiger partial charge is 0.266 e. The van der Waals surface area contributed by atoms with Crippen LogP contribution in [-0.4, -0.2) is 4.98 Å². The molecule has 0 spiro atoms. The average molecular weight is 294 g/mol. The van der Waals surface area contributed by atoms with Crippen LogP contribution in [0.4, 0.5) is 8.78 Å². The molecule has 0 N–H and O–H groups in total. The van der Waals surface area contributed by atoms with Crippen LogP contribution in [0.5, 0.6) is 0 Å². The van der Waals surface area contributed by atoms with Crippen molar-refractivity contribution >= 4 is 22.6 Å². The number of rotatable bonds is 1. The smallest absolute Gasteiger partial charge is 0.248 e. The summed E-state index contributed by atoms with van der Waals surface area (Å²) in [6.45, 7) is 1.50. The highest BCUT2D eigenvalue weighted by atomic mass is 127. The zero-order valence-corrected chi connectivity index (χ0v) is 8.84. The predicted molar refractivity (Wildman–Crippen MR) is 51.4 cm³/mol. The molecule has 1 aromatic rings. The SMILES string of the molecule is Cc1c(C#N)cnc(I)c1C(F)F. The molecule has 0 bridgehead atoms. The second kappa shape index (κ2) is 3.96. The van der Waals surface area contributed by atoms with Gasteiger partial charge in [0.25, 0.3) is 6.43 Å². The van der Waals surface area contributed by atoms with Crippen molar-refractivity contribution in [2.75, 3.05) is 0 Å². The summed E-state index contributed by atoms with van der Waals surface area (Å²) in [5.74, 6) is 0. The Bertz CT molecular complexity index is 371. The molecule has 0 aliphatic carbocycles. The van der Waals surface area contributed by atoms with Crippen LogP contribution >= 0.6 is 22.6 Å². The molecule has 2 nitrogen and oxygen atoms in total. The van der Waals surface area contributed by atoms with E-state index in [1.165, 1.54) is 13.1 Å². The molecular formula is C8H5F2IN2. The summed E-state index contributed by atoms with van der Waals surface area (Å²) >= 11 is 1.73. The Kier molecular flexibility index (Phi) is 3.14. The van der Waals surface area contributed by atoms with Gasteiger partial charge < -0.3 is 0 Å². The Balaban J connectivity index is 3.41. The van der Waals surface area contributed by atoms with Crippen LogP contribution in [0.1, 0.15) is 23.1 Å². The molecule has 13 heavy (non-hydrogen) atoms. The molecular weight excluding hydrogens is 289 g/mol.